The molecule has 0 heterocycles. The zero-order valence-corrected chi connectivity index (χ0v) is 27.7. The number of amides is 2. The predicted octanol–water partition coefficient (Wildman–Crippen LogP) is 5.63. The van der Waals surface area contributed by atoms with E-state index in [2.05, 4.69) is 21.2 Å². The Hall–Kier alpha value is -3.57. The number of benzene rings is 3. The molecule has 0 saturated carbocycles. The van der Waals surface area contributed by atoms with Crippen LogP contribution < -0.4 is 19.1 Å². The number of halogens is 1. The van der Waals surface area contributed by atoms with E-state index in [1.165, 1.54) is 17.0 Å². The van der Waals surface area contributed by atoms with Gasteiger partial charge in [-0.15, -0.1) is 0 Å². The number of anilines is 1. The van der Waals surface area contributed by atoms with Gasteiger partial charge in [-0.2, -0.15) is 0 Å². The Labute approximate surface area is 263 Å². The number of methoxy groups -OCH3 is 1. The molecule has 0 aromatic heterocycles. The van der Waals surface area contributed by atoms with Crippen molar-refractivity contribution in [3.8, 4) is 11.5 Å². The molecule has 0 aliphatic rings. The molecule has 0 aliphatic heterocycles. The topological polar surface area (TPSA) is 105 Å². The fourth-order valence-corrected chi connectivity index (χ4v) is 6.09. The Morgan fingerprint density at radius 1 is 0.907 bits per heavy atom. The van der Waals surface area contributed by atoms with Crippen LogP contribution in [0.2, 0.25) is 0 Å². The lowest BCUT2D eigenvalue weighted by molar-refractivity contribution is -0.140. The summed E-state index contributed by atoms with van der Waals surface area (Å²) in [5.41, 5.74) is 1.06. The molecule has 1 unspecified atom stereocenters. The number of rotatable bonds is 15. The maximum Gasteiger partial charge on any atom is 0.264 e. The van der Waals surface area contributed by atoms with Crippen molar-refractivity contribution in [1.29, 1.82) is 0 Å². The SMILES string of the molecule is CCOc1ccc(N(CC(=O)N(Cc2ccc(OC)cc2)C(CC)C(=O)NCC(C)C)S(=O)(=O)c2ccc(Br)cc2)cc1. The van der Waals surface area contributed by atoms with Gasteiger partial charge in [0, 0.05) is 17.6 Å². The van der Waals surface area contributed by atoms with Gasteiger partial charge in [-0.3, -0.25) is 13.9 Å². The highest BCUT2D eigenvalue weighted by atomic mass is 79.9. The number of nitrogens with one attached hydrogen (secondary N) is 1. The lowest BCUT2D eigenvalue weighted by Crippen LogP contribution is -2.52. The predicted molar refractivity (Wildman–Crippen MR) is 172 cm³/mol. The molecule has 43 heavy (non-hydrogen) atoms. The highest BCUT2D eigenvalue weighted by Crippen LogP contribution is 2.28. The third kappa shape index (κ3) is 9.21. The third-order valence-corrected chi connectivity index (χ3v) is 9.02. The van der Waals surface area contributed by atoms with Gasteiger partial charge in [0.05, 0.1) is 24.3 Å². The largest absolute Gasteiger partial charge is 0.497 e. The van der Waals surface area contributed by atoms with Crippen LogP contribution in [0, 0.1) is 5.92 Å². The quantitative estimate of drug-likeness (QED) is 0.224. The first-order chi connectivity index (χ1) is 20.5. The van der Waals surface area contributed by atoms with Crippen molar-refractivity contribution >= 4 is 43.5 Å². The second-order valence-electron chi connectivity index (χ2n) is 10.3. The number of sulfonamides is 1. The van der Waals surface area contributed by atoms with Crippen molar-refractivity contribution in [2.45, 2.75) is 51.6 Å². The number of carbonyl (C=O) groups is 2. The second-order valence-corrected chi connectivity index (χ2v) is 13.1. The Balaban J connectivity index is 2.04. The van der Waals surface area contributed by atoms with Crippen LogP contribution >= 0.6 is 15.9 Å². The van der Waals surface area contributed by atoms with Gasteiger partial charge in [-0.1, -0.05) is 48.8 Å². The van der Waals surface area contributed by atoms with Gasteiger partial charge in [0.25, 0.3) is 10.0 Å². The number of carbonyl (C=O) groups excluding carboxylic acids is 2. The Morgan fingerprint density at radius 2 is 1.51 bits per heavy atom. The first kappa shape index (κ1) is 33.9. The summed E-state index contributed by atoms with van der Waals surface area (Å²) in [6.45, 7) is 8.16. The molecule has 232 valence electrons. The van der Waals surface area contributed by atoms with Gasteiger partial charge in [-0.05, 0) is 85.5 Å². The summed E-state index contributed by atoms with van der Waals surface area (Å²) in [6, 6.07) is 19.2. The lowest BCUT2D eigenvalue weighted by atomic mass is 10.1. The number of nitrogens with zero attached hydrogens (tertiary/aromatic N) is 2. The molecule has 2 amide bonds. The number of hydrogen-bond donors (Lipinski definition) is 1. The minimum absolute atomic E-state index is 0.0285. The van der Waals surface area contributed by atoms with Gasteiger partial charge in [0.2, 0.25) is 11.8 Å². The smallest absolute Gasteiger partial charge is 0.264 e. The van der Waals surface area contributed by atoms with Crippen LogP contribution in [-0.4, -0.2) is 58.0 Å². The lowest BCUT2D eigenvalue weighted by Gasteiger charge is -2.33. The Bertz CT molecular complexity index is 1450. The van der Waals surface area contributed by atoms with Crippen LogP contribution in [-0.2, 0) is 26.2 Å². The summed E-state index contributed by atoms with van der Waals surface area (Å²) in [6.07, 6.45) is 0.342. The fourth-order valence-electron chi connectivity index (χ4n) is 4.41. The van der Waals surface area contributed by atoms with Crippen molar-refractivity contribution in [3.63, 3.8) is 0 Å². The first-order valence-electron chi connectivity index (χ1n) is 14.2. The van der Waals surface area contributed by atoms with Crippen molar-refractivity contribution in [2.24, 2.45) is 5.92 Å². The second kappa shape index (κ2) is 15.8. The van der Waals surface area contributed by atoms with Crippen LogP contribution in [0.15, 0.2) is 82.2 Å². The number of hydrogen-bond acceptors (Lipinski definition) is 6. The van der Waals surface area contributed by atoms with Crippen LogP contribution in [0.1, 0.15) is 39.7 Å². The summed E-state index contributed by atoms with van der Waals surface area (Å²) in [4.78, 5) is 29.0. The molecule has 0 saturated heterocycles. The molecular formula is C32H40BrN3O6S. The molecule has 3 aromatic rings. The minimum atomic E-state index is -4.17. The highest BCUT2D eigenvalue weighted by Gasteiger charge is 2.33. The van der Waals surface area contributed by atoms with Crippen LogP contribution in [0.4, 0.5) is 5.69 Å². The molecule has 0 aliphatic carbocycles. The molecule has 0 radical (unpaired) electrons. The molecule has 0 spiro atoms. The van der Waals surface area contributed by atoms with E-state index < -0.39 is 28.5 Å². The van der Waals surface area contributed by atoms with Gasteiger partial charge in [-0.25, -0.2) is 8.42 Å². The van der Waals surface area contributed by atoms with Gasteiger partial charge in [0.1, 0.15) is 24.1 Å². The molecule has 3 rings (SSSR count). The van der Waals surface area contributed by atoms with Crippen LogP contribution in [0.5, 0.6) is 11.5 Å². The van der Waals surface area contributed by atoms with E-state index in [0.29, 0.717) is 36.8 Å². The molecule has 3 aromatic carbocycles. The molecule has 9 nitrogen and oxygen atoms in total. The summed E-state index contributed by atoms with van der Waals surface area (Å²) in [7, 11) is -2.61. The minimum Gasteiger partial charge on any atom is -0.497 e. The monoisotopic (exact) mass is 673 g/mol. The highest BCUT2D eigenvalue weighted by molar-refractivity contribution is 9.10. The fraction of sp³-hybridized carbons (Fsp3) is 0.375. The zero-order chi connectivity index (χ0) is 31.6. The molecule has 0 fully saturated rings. The maximum absolute atomic E-state index is 14.2. The first-order valence-corrected chi connectivity index (χ1v) is 16.4. The maximum atomic E-state index is 14.2. The van der Waals surface area contributed by atoms with Crippen molar-refractivity contribution in [1.82, 2.24) is 10.2 Å². The van der Waals surface area contributed by atoms with Gasteiger partial charge in [0.15, 0.2) is 0 Å². The van der Waals surface area contributed by atoms with E-state index >= 15 is 0 Å². The van der Waals surface area contributed by atoms with Crippen LogP contribution in [0.25, 0.3) is 0 Å². The third-order valence-electron chi connectivity index (χ3n) is 6.70. The zero-order valence-electron chi connectivity index (χ0n) is 25.2. The van der Waals surface area contributed by atoms with E-state index in [4.69, 9.17) is 9.47 Å². The molecule has 11 heteroatoms. The van der Waals surface area contributed by atoms with E-state index in [0.717, 1.165) is 14.3 Å². The summed E-state index contributed by atoms with van der Waals surface area (Å²) < 4.78 is 40.6. The summed E-state index contributed by atoms with van der Waals surface area (Å²) in [5, 5.41) is 2.93. The van der Waals surface area contributed by atoms with Crippen molar-refractivity contribution in [3.05, 3.63) is 82.8 Å². The van der Waals surface area contributed by atoms with E-state index in [-0.39, 0.29) is 23.3 Å². The number of ether oxygens (including phenoxy) is 2. The standard InChI is InChI=1S/C32H40BrN3O6S/c1-6-30(32(38)34-20-23(3)4)35(21-24-8-14-27(41-5)15-9-24)31(37)22-36(26-12-16-28(17-13-26)42-7-2)43(39,40)29-18-10-25(33)11-19-29/h8-19,23,30H,6-7,20-22H2,1-5H3,(H,34,38). The van der Waals surface area contributed by atoms with E-state index in [9.17, 15) is 18.0 Å². The molecule has 1 atom stereocenters. The van der Waals surface area contributed by atoms with E-state index in [1.807, 2.05) is 39.8 Å². The van der Waals surface area contributed by atoms with Gasteiger partial charge >= 0.3 is 0 Å². The molecule has 0 bridgehead atoms. The Morgan fingerprint density at radius 3 is 2.05 bits per heavy atom. The van der Waals surface area contributed by atoms with Crippen LogP contribution in [0.3, 0.4) is 0 Å². The summed E-state index contributed by atoms with van der Waals surface area (Å²) >= 11 is 3.35. The molecule has 1 N–H and O–H groups in total. The average molecular weight is 675 g/mol. The molecular weight excluding hydrogens is 634 g/mol. The average Bonchev–Trinajstić information content (AvgIpc) is 2.99. The van der Waals surface area contributed by atoms with Crippen molar-refractivity contribution in [2.75, 3.05) is 31.1 Å². The van der Waals surface area contributed by atoms with E-state index in [1.54, 1.807) is 55.6 Å². The Kier molecular flexibility index (Phi) is 12.4. The van der Waals surface area contributed by atoms with Gasteiger partial charge < -0.3 is 19.7 Å². The summed E-state index contributed by atoms with van der Waals surface area (Å²) in [5.74, 6) is 0.648. The normalized spacial score (nSPS) is 12.0. The van der Waals surface area contributed by atoms with Crippen molar-refractivity contribution < 1.29 is 27.5 Å².